The lowest BCUT2D eigenvalue weighted by atomic mass is 9.87. The third-order valence-electron chi connectivity index (χ3n) is 4.74. The number of hydrogen-bond acceptors (Lipinski definition) is 2. The highest BCUT2D eigenvalue weighted by molar-refractivity contribution is 5.26. The lowest BCUT2D eigenvalue weighted by Crippen LogP contribution is -2.45. The molecule has 0 saturated carbocycles. The van der Waals surface area contributed by atoms with E-state index in [0.29, 0.717) is 5.92 Å². The molecule has 2 N–H and O–H groups in total. The molecule has 1 fully saturated rings. The summed E-state index contributed by atoms with van der Waals surface area (Å²) in [6.45, 7) is 4.92. The Labute approximate surface area is 138 Å². The molecule has 0 spiro atoms. The summed E-state index contributed by atoms with van der Waals surface area (Å²) in [7, 11) is 0. The van der Waals surface area contributed by atoms with Crippen molar-refractivity contribution >= 4 is 0 Å². The molecule has 122 valence electrons. The SMILES string of the molecule is CCc1ccc(C2CC(N)CN(Cc3ccc(F)cc3)C2)cc1. The Morgan fingerprint density at radius 1 is 1.00 bits per heavy atom. The van der Waals surface area contributed by atoms with E-state index in [0.717, 1.165) is 38.0 Å². The van der Waals surface area contributed by atoms with Gasteiger partial charge in [-0.05, 0) is 47.6 Å². The second-order valence-corrected chi connectivity index (χ2v) is 6.61. The zero-order valence-corrected chi connectivity index (χ0v) is 13.7. The summed E-state index contributed by atoms with van der Waals surface area (Å²) in [6, 6.07) is 15.9. The van der Waals surface area contributed by atoms with Crippen LogP contribution in [0.15, 0.2) is 48.5 Å². The van der Waals surface area contributed by atoms with Gasteiger partial charge in [0.15, 0.2) is 0 Å². The molecule has 1 saturated heterocycles. The van der Waals surface area contributed by atoms with Gasteiger partial charge in [-0.2, -0.15) is 0 Å². The van der Waals surface area contributed by atoms with Crippen molar-refractivity contribution in [2.45, 2.75) is 38.3 Å². The molecule has 3 rings (SSSR count). The molecule has 0 amide bonds. The molecule has 0 bridgehead atoms. The van der Waals surface area contributed by atoms with E-state index in [1.807, 2.05) is 12.1 Å². The smallest absolute Gasteiger partial charge is 0.123 e. The summed E-state index contributed by atoms with van der Waals surface area (Å²) in [5, 5.41) is 0. The van der Waals surface area contributed by atoms with Crippen LogP contribution in [0, 0.1) is 5.82 Å². The van der Waals surface area contributed by atoms with Crippen molar-refractivity contribution in [3.8, 4) is 0 Å². The fourth-order valence-corrected chi connectivity index (χ4v) is 3.48. The summed E-state index contributed by atoms with van der Waals surface area (Å²) >= 11 is 0. The zero-order chi connectivity index (χ0) is 16.2. The van der Waals surface area contributed by atoms with Gasteiger partial charge in [0.05, 0.1) is 0 Å². The molecule has 1 heterocycles. The average Bonchev–Trinajstić information content (AvgIpc) is 2.56. The monoisotopic (exact) mass is 312 g/mol. The predicted octanol–water partition coefficient (Wildman–Crippen LogP) is 3.70. The molecule has 0 aromatic heterocycles. The summed E-state index contributed by atoms with van der Waals surface area (Å²) in [5.41, 5.74) is 10.2. The van der Waals surface area contributed by atoms with Crippen LogP contribution in [0.2, 0.25) is 0 Å². The average molecular weight is 312 g/mol. The van der Waals surface area contributed by atoms with Gasteiger partial charge in [-0.15, -0.1) is 0 Å². The maximum atomic E-state index is 13.0. The van der Waals surface area contributed by atoms with E-state index in [2.05, 4.69) is 36.1 Å². The van der Waals surface area contributed by atoms with Crippen LogP contribution in [0.1, 0.15) is 36.0 Å². The number of nitrogens with zero attached hydrogens (tertiary/aromatic N) is 1. The molecular weight excluding hydrogens is 287 g/mol. The van der Waals surface area contributed by atoms with Gasteiger partial charge in [0, 0.05) is 25.7 Å². The quantitative estimate of drug-likeness (QED) is 0.932. The van der Waals surface area contributed by atoms with E-state index >= 15 is 0 Å². The van der Waals surface area contributed by atoms with Crippen LogP contribution in [-0.4, -0.2) is 24.0 Å². The predicted molar refractivity (Wildman–Crippen MR) is 92.8 cm³/mol. The lowest BCUT2D eigenvalue weighted by molar-refractivity contribution is 0.181. The molecule has 2 aromatic carbocycles. The van der Waals surface area contributed by atoms with E-state index < -0.39 is 0 Å². The molecule has 0 aliphatic carbocycles. The molecule has 2 atom stereocenters. The molecule has 2 unspecified atom stereocenters. The maximum absolute atomic E-state index is 13.0. The fraction of sp³-hybridized carbons (Fsp3) is 0.400. The second-order valence-electron chi connectivity index (χ2n) is 6.61. The number of nitrogens with two attached hydrogens (primary N) is 1. The van der Waals surface area contributed by atoms with Crippen LogP contribution in [0.5, 0.6) is 0 Å². The van der Waals surface area contributed by atoms with Gasteiger partial charge < -0.3 is 5.73 Å². The van der Waals surface area contributed by atoms with E-state index in [-0.39, 0.29) is 11.9 Å². The van der Waals surface area contributed by atoms with Crippen molar-refractivity contribution in [3.63, 3.8) is 0 Å². The molecule has 2 aromatic rings. The third-order valence-corrected chi connectivity index (χ3v) is 4.74. The molecule has 2 nitrogen and oxygen atoms in total. The molecule has 3 heteroatoms. The molecule has 0 radical (unpaired) electrons. The summed E-state index contributed by atoms with van der Waals surface area (Å²) < 4.78 is 13.0. The minimum atomic E-state index is -0.182. The van der Waals surface area contributed by atoms with Gasteiger partial charge in [-0.3, -0.25) is 4.90 Å². The Balaban J connectivity index is 1.69. The fourth-order valence-electron chi connectivity index (χ4n) is 3.48. The number of benzene rings is 2. The van der Waals surface area contributed by atoms with Crippen molar-refractivity contribution in [3.05, 3.63) is 71.0 Å². The number of hydrogen-bond donors (Lipinski definition) is 1. The Kier molecular flexibility index (Phi) is 5.09. The van der Waals surface area contributed by atoms with E-state index in [4.69, 9.17) is 5.73 Å². The highest BCUT2D eigenvalue weighted by Gasteiger charge is 2.26. The number of aryl methyl sites for hydroxylation is 1. The molecule has 1 aliphatic heterocycles. The topological polar surface area (TPSA) is 29.3 Å². The van der Waals surface area contributed by atoms with Gasteiger partial charge >= 0.3 is 0 Å². The molecular formula is C20H25FN2. The van der Waals surface area contributed by atoms with Crippen LogP contribution < -0.4 is 5.73 Å². The van der Waals surface area contributed by atoms with Gasteiger partial charge in [-0.25, -0.2) is 4.39 Å². The molecule has 1 aliphatic rings. The van der Waals surface area contributed by atoms with Crippen LogP contribution in [0.25, 0.3) is 0 Å². The van der Waals surface area contributed by atoms with Crippen LogP contribution in [0.4, 0.5) is 4.39 Å². The second kappa shape index (κ2) is 7.24. The number of halogens is 1. The van der Waals surface area contributed by atoms with Crippen molar-refractivity contribution in [1.82, 2.24) is 4.90 Å². The minimum Gasteiger partial charge on any atom is -0.327 e. The largest absolute Gasteiger partial charge is 0.327 e. The van der Waals surface area contributed by atoms with Crippen molar-refractivity contribution in [2.75, 3.05) is 13.1 Å². The highest BCUT2D eigenvalue weighted by atomic mass is 19.1. The van der Waals surface area contributed by atoms with Gasteiger partial charge in [0.25, 0.3) is 0 Å². The highest BCUT2D eigenvalue weighted by Crippen LogP contribution is 2.27. The van der Waals surface area contributed by atoms with Gasteiger partial charge in [0.2, 0.25) is 0 Å². The first-order valence-corrected chi connectivity index (χ1v) is 8.45. The van der Waals surface area contributed by atoms with E-state index in [9.17, 15) is 4.39 Å². The maximum Gasteiger partial charge on any atom is 0.123 e. The Morgan fingerprint density at radius 3 is 2.30 bits per heavy atom. The first-order chi connectivity index (χ1) is 11.1. The summed E-state index contributed by atoms with van der Waals surface area (Å²) in [6.07, 6.45) is 2.10. The minimum absolute atomic E-state index is 0.182. The van der Waals surface area contributed by atoms with Crippen molar-refractivity contribution in [2.24, 2.45) is 5.73 Å². The normalized spacial score (nSPS) is 22.2. The lowest BCUT2D eigenvalue weighted by Gasteiger charge is -2.36. The Morgan fingerprint density at radius 2 is 1.65 bits per heavy atom. The van der Waals surface area contributed by atoms with Gasteiger partial charge in [-0.1, -0.05) is 43.3 Å². The summed E-state index contributed by atoms with van der Waals surface area (Å²) in [5.74, 6) is 0.295. The van der Waals surface area contributed by atoms with Crippen LogP contribution in [-0.2, 0) is 13.0 Å². The summed E-state index contributed by atoms with van der Waals surface area (Å²) in [4.78, 5) is 2.39. The van der Waals surface area contributed by atoms with Crippen LogP contribution >= 0.6 is 0 Å². The number of piperidine rings is 1. The molecule has 23 heavy (non-hydrogen) atoms. The van der Waals surface area contributed by atoms with E-state index in [1.165, 1.54) is 23.3 Å². The van der Waals surface area contributed by atoms with Crippen LogP contribution in [0.3, 0.4) is 0 Å². The third kappa shape index (κ3) is 4.18. The van der Waals surface area contributed by atoms with Gasteiger partial charge in [0.1, 0.15) is 5.82 Å². The first kappa shape index (κ1) is 16.2. The number of likely N-dealkylation sites (tertiary alicyclic amines) is 1. The zero-order valence-electron chi connectivity index (χ0n) is 13.7. The first-order valence-electron chi connectivity index (χ1n) is 8.45. The van der Waals surface area contributed by atoms with Crippen molar-refractivity contribution in [1.29, 1.82) is 0 Å². The van der Waals surface area contributed by atoms with Crippen molar-refractivity contribution < 1.29 is 4.39 Å². The number of rotatable bonds is 4. The standard InChI is InChI=1S/C20H25FN2/c1-2-15-3-7-17(8-4-15)18-11-20(22)14-23(13-18)12-16-5-9-19(21)10-6-16/h3-10,18,20H,2,11-14,22H2,1H3. The van der Waals surface area contributed by atoms with E-state index in [1.54, 1.807) is 0 Å². The Bertz CT molecular complexity index is 621. The Hall–Kier alpha value is -1.71.